The van der Waals surface area contributed by atoms with Crippen LogP contribution >= 0.6 is 0 Å². The Labute approximate surface area is 128 Å². The first-order valence-corrected chi connectivity index (χ1v) is 7.14. The van der Waals surface area contributed by atoms with Crippen molar-refractivity contribution in [2.24, 2.45) is 5.92 Å². The summed E-state index contributed by atoms with van der Waals surface area (Å²) in [6, 6.07) is 9.13. The van der Waals surface area contributed by atoms with Crippen LogP contribution in [0, 0.1) is 5.92 Å². The van der Waals surface area contributed by atoms with Gasteiger partial charge in [0.15, 0.2) is 0 Å². The van der Waals surface area contributed by atoms with Gasteiger partial charge in [0, 0.05) is 11.5 Å². The van der Waals surface area contributed by atoms with E-state index in [1.165, 1.54) is 0 Å². The second-order valence-corrected chi connectivity index (χ2v) is 5.25. The fourth-order valence-electron chi connectivity index (χ4n) is 2.52. The van der Waals surface area contributed by atoms with E-state index in [9.17, 15) is 4.79 Å². The van der Waals surface area contributed by atoms with Gasteiger partial charge in [-0.05, 0) is 36.8 Å². The summed E-state index contributed by atoms with van der Waals surface area (Å²) >= 11 is 0. The lowest BCUT2D eigenvalue weighted by atomic mass is 10.2. The number of furan rings is 1. The molecule has 0 spiro atoms. The molecule has 5 heteroatoms. The minimum atomic E-state index is -0.203. The van der Waals surface area contributed by atoms with Gasteiger partial charge in [-0.1, -0.05) is 0 Å². The molecule has 3 rings (SSSR count). The molecule has 1 aromatic carbocycles. The molecule has 116 valence electrons. The van der Waals surface area contributed by atoms with Crippen molar-refractivity contribution < 1.29 is 23.4 Å². The molecule has 0 unspecified atom stereocenters. The van der Waals surface area contributed by atoms with Gasteiger partial charge in [0.25, 0.3) is 0 Å². The summed E-state index contributed by atoms with van der Waals surface area (Å²) in [5, 5.41) is 0. The summed E-state index contributed by atoms with van der Waals surface area (Å²) in [7, 11) is 3.18. The van der Waals surface area contributed by atoms with E-state index >= 15 is 0 Å². The zero-order valence-corrected chi connectivity index (χ0v) is 12.6. The van der Waals surface area contributed by atoms with Crippen LogP contribution in [-0.4, -0.2) is 20.2 Å². The Morgan fingerprint density at radius 3 is 2.82 bits per heavy atom. The molecule has 1 aliphatic rings. The van der Waals surface area contributed by atoms with Crippen LogP contribution < -0.4 is 9.47 Å². The van der Waals surface area contributed by atoms with Gasteiger partial charge >= 0.3 is 5.97 Å². The van der Waals surface area contributed by atoms with E-state index < -0.39 is 0 Å². The van der Waals surface area contributed by atoms with Crippen LogP contribution in [0.5, 0.6) is 11.5 Å². The van der Waals surface area contributed by atoms with E-state index in [1.54, 1.807) is 32.6 Å². The monoisotopic (exact) mass is 302 g/mol. The quantitative estimate of drug-likeness (QED) is 0.767. The van der Waals surface area contributed by atoms with Gasteiger partial charge in [-0.3, -0.25) is 4.79 Å². The molecular formula is C17H18O5. The molecule has 0 aliphatic heterocycles. The minimum Gasteiger partial charge on any atom is -0.497 e. The molecule has 22 heavy (non-hydrogen) atoms. The van der Waals surface area contributed by atoms with Crippen molar-refractivity contribution in [3.05, 3.63) is 47.9 Å². The number of carbonyl (C=O) groups is 1. The van der Waals surface area contributed by atoms with Gasteiger partial charge in [-0.2, -0.15) is 0 Å². The Hall–Kier alpha value is -2.43. The number of ether oxygens (including phenoxy) is 3. The van der Waals surface area contributed by atoms with Crippen molar-refractivity contribution in [1.82, 2.24) is 0 Å². The Morgan fingerprint density at radius 2 is 2.14 bits per heavy atom. The number of benzene rings is 1. The molecule has 0 saturated heterocycles. The van der Waals surface area contributed by atoms with Crippen LogP contribution in [-0.2, 0) is 16.1 Å². The summed E-state index contributed by atoms with van der Waals surface area (Å²) < 4.78 is 21.2. The molecule has 0 amide bonds. The smallest absolute Gasteiger partial charge is 0.310 e. The highest BCUT2D eigenvalue weighted by atomic mass is 16.5. The first kappa shape index (κ1) is 14.5. The van der Waals surface area contributed by atoms with Crippen molar-refractivity contribution in [2.45, 2.75) is 18.9 Å². The zero-order valence-electron chi connectivity index (χ0n) is 12.6. The molecule has 1 fully saturated rings. The van der Waals surface area contributed by atoms with Gasteiger partial charge in [-0.15, -0.1) is 0 Å². The maximum absolute atomic E-state index is 12.1. The Balaban J connectivity index is 1.60. The first-order valence-electron chi connectivity index (χ1n) is 7.14. The fourth-order valence-corrected chi connectivity index (χ4v) is 2.52. The van der Waals surface area contributed by atoms with Crippen molar-refractivity contribution in [3.63, 3.8) is 0 Å². The van der Waals surface area contributed by atoms with E-state index in [0.717, 1.165) is 17.7 Å². The predicted molar refractivity (Wildman–Crippen MR) is 78.9 cm³/mol. The van der Waals surface area contributed by atoms with Crippen LogP contribution in [0.2, 0.25) is 0 Å². The van der Waals surface area contributed by atoms with Crippen LogP contribution in [0.25, 0.3) is 0 Å². The van der Waals surface area contributed by atoms with Gasteiger partial charge in [0.1, 0.15) is 23.9 Å². The Kier molecular flexibility index (Phi) is 4.04. The van der Waals surface area contributed by atoms with Gasteiger partial charge in [0.05, 0.1) is 26.4 Å². The maximum Gasteiger partial charge on any atom is 0.310 e. The molecule has 2 aromatic rings. The number of rotatable bonds is 6. The molecule has 1 saturated carbocycles. The van der Waals surface area contributed by atoms with Gasteiger partial charge in [0.2, 0.25) is 0 Å². The van der Waals surface area contributed by atoms with Crippen LogP contribution in [0.1, 0.15) is 23.7 Å². The number of hydrogen-bond acceptors (Lipinski definition) is 5. The second-order valence-electron chi connectivity index (χ2n) is 5.25. The molecular weight excluding hydrogens is 284 g/mol. The van der Waals surface area contributed by atoms with Crippen molar-refractivity contribution >= 4 is 5.97 Å². The third-order valence-electron chi connectivity index (χ3n) is 3.86. The van der Waals surface area contributed by atoms with Gasteiger partial charge < -0.3 is 18.6 Å². The average molecular weight is 302 g/mol. The molecule has 1 aromatic heterocycles. The standard InChI is InChI=1S/C17H18O5/c1-19-12-5-6-15(20-2)11(8-12)10-22-17(18)14-9-13(14)16-4-3-7-21-16/h3-8,13-14H,9-10H2,1-2H3/t13-,14-/m0/s1. The first-order chi connectivity index (χ1) is 10.7. The zero-order chi connectivity index (χ0) is 15.5. The third kappa shape index (κ3) is 2.93. The molecule has 0 radical (unpaired) electrons. The summed E-state index contributed by atoms with van der Waals surface area (Å²) in [4.78, 5) is 12.1. The Morgan fingerprint density at radius 1 is 1.27 bits per heavy atom. The fraction of sp³-hybridized carbons (Fsp3) is 0.353. The molecule has 0 N–H and O–H groups in total. The van der Waals surface area contributed by atoms with Crippen LogP contribution in [0.15, 0.2) is 41.0 Å². The molecule has 1 heterocycles. The maximum atomic E-state index is 12.1. The molecule has 1 aliphatic carbocycles. The van der Waals surface area contributed by atoms with Crippen LogP contribution in [0.4, 0.5) is 0 Å². The molecule has 5 nitrogen and oxygen atoms in total. The van der Waals surface area contributed by atoms with Gasteiger partial charge in [-0.25, -0.2) is 0 Å². The van der Waals surface area contributed by atoms with E-state index in [-0.39, 0.29) is 24.4 Å². The van der Waals surface area contributed by atoms with Crippen LogP contribution in [0.3, 0.4) is 0 Å². The van der Waals surface area contributed by atoms with E-state index in [4.69, 9.17) is 18.6 Å². The lowest BCUT2D eigenvalue weighted by Crippen LogP contribution is -2.08. The summed E-state index contributed by atoms with van der Waals surface area (Å²) in [5.41, 5.74) is 0.783. The topological polar surface area (TPSA) is 57.9 Å². The van der Waals surface area contributed by atoms with E-state index in [0.29, 0.717) is 11.5 Å². The highest BCUT2D eigenvalue weighted by Gasteiger charge is 2.47. The van der Waals surface area contributed by atoms with Crippen molar-refractivity contribution in [2.75, 3.05) is 14.2 Å². The summed E-state index contributed by atoms with van der Waals surface area (Å²) in [6.45, 7) is 0.167. The second kappa shape index (κ2) is 6.13. The number of hydrogen-bond donors (Lipinski definition) is 0. The lowest BCUT2D eigenvalue weighted by molar-refractivity contribution is -0.146. The predicted octanol–water partition coefficient (Wildman–Crippen LogP) is 3.14. The van der Waals surface area contributed by atoms with E-state index in [1.807, 2.05) is 18.2 Å². The minimum absolute atomic E-state index is 0.109. The SMILES string of the molecule is COc1ccc(OC)c(COC(=O)[C@H]2C[C@@H]2c2ccco2)c1. The largest absolute Gasteiger partial charge is 0.497 e. The van der Waals surface area contributed by atoms with E-state index in [2.05, 4.69) is 0 Å². The lowest BCUT2D eigenvalue weighted by Gasteiger charge is -2.11. The normalized spacial score (nSPS) is 19.5. The number of esters is 1. The highest BCUT2D eigenvalue weighted by molar-refractivity contribution is 5.77. The number of methoxy groups -OCH3 is 2. The Bertz CT molecular complexity index is 647. The third-order valence-corrected chi connectivity index (χ3v) is 3.86. The molecule has 2 atom stereocenters. The summed E-state index contributed by atoms with van der Waals surface area (Å²) in [5.74, 6) is 2.06. The van der Waals surface area contributed by atoms with Crippen molar-refractivity contribution in [3.8, 4) is 11.5 Å². The molecule has 0 bridgehead atoms. The average Bonchev–Trinajstić information content (AvgIpc) is 3.17. The number of carbonyl (C=O) groups excluding carboxylic acids is 1. The van der Waals surface area contributed by atoms with Crippen molar-refractivity contribution in [1.29, 1.82) is 0 Å². The summed E-state index contributed by atoms with van der Waals surface area (Å²) in [6.07, 6.45) is 2.40. The highest BCUT2D eigenvalue weighted by Crippen LogP contribution is 2.48.